The van der Waals surface area contributed by atoms with E-state index < -0.39 is 9.84 Å². The van der Waals surface area contributed by atoms with Gasteiger partial charge in [0.15, 0.2) is 9.84 Å². The summed E-state index contributed by atoms with van der Waals surface area (Å²) in [5.74, 6) is -0.363. The van der Waals surface area contributed by atoms with Gasteiger partial charge in [-0.05, 0) is 19.3 Å². The summed E-state index contributed by atoms with van der Waals surface area (Å²) in [5.41, 5.74) is 5.32. The fourth-order valence-electron chi connectivity index (χ4n) is 1.90. The predicted molar refractivity (Wildman–Crippen MR) is 55.9 cm³/mol. The van der Waals surface area contributed by atoms with Crippen molar-refractivity contribution in [2.75, 3.05) is 18.1 Å². The molecule has 2 aliphatic rings. The largest absolute Gasteiger partial charge is 0.349 e. The molecule has 1 saturated carbocycles. The van der Waals surface area contributed by atoms with Crippen LogP contribution < -0.4 is 11.1 Å². The molecule has 0 spiro atoms. The number of sulfone groups is 1. The molecule has 0 radical (unpaired) electrons. The number of amides is 1. The molecule has 1 aliphatic heterocycles. The van der Waals surface area contributed by atoms with Gasteiger partial charge in [-0.3, -0.25) is 4.79 Å². The Morgan fingerprint density at radius 1 is 1.47 bits per heavy atom. The summed E-state index contributed by atoms with van der Waals surface area (Å²) in [6, 6.07) is 0. The zero-order chi connectivity index (χ0) is 11.1. The SMILES string of the molecule is NCC1(NC(=O)C2CCS(=O)(=O)C2)CC1. The highest BCUT2D eigenvalue weighted by Crippen LogP contribution is 2.34. The molecule has 6 heteroatoms. The van der Waals surface area contributed by atoms with Crippen LogP contribution in [-0.2, 0) is 14.6 Å². The number of rotatable bonds is 3. The molecule has 5 nitrogen and oxygen atoms in total. The molecule has 0 bridgehead atoms. The van der Waals surface area contributed by atoms with Crippen molar-refractivity contribution in [2.24, 2.45) is 11.7 Å². The van der Waals surface area contributed by atoms with Gasteiger partial charge in [-0.1, -0.05) is 0 Å². The van der Waals surface area contributed by atoms with E-state index in [0.29, 0.717) is 13.0 Å². The van der Waals surface area contributed by atoms with Crippen LogP contribution >= 0.6 is 0 Å². The Labute approximate surface area is 89.3 Å². The second kappa shape index (κ2) is 3.45. The van der Waals surface area contributed by atoms with Crippen molar-refractivity contribution >= 4 is 15.7 Å². The summed E-state index contributed by atoms with van der Waals surface area (Å²) >= 11 is 0. The summed E-state index contributed by atoms with van der Waals surface area (Å²) < 4.78 is 22.4. The van der Waals surface area contributed by atoms with Crippen molar-refractivity contribution in [2.45, 2.75) is 24.8 Å². The van der Waals surface area contributed by atoms with Gasteiger partial charge in [-0.25, -0.2) is 8.42 Å². The first-order chi connectivity index (χ1) is 6.96. The number of nitrogens with two attached hydrogens (primary N) is 1. The average molecular weight is 232 g/mol. The lowest BCUT2D eigenvalue weighted by atomic mass is 10.1. The topological polar surface area (TPSA) is 89.3 Å². The van der Waals surface area contributed by atoms with Crippen molar-refractivity contribution in [1.29, 1.82) is 0 Å². The molecule has 0 aromatic rings. The monoisotopic (exact) mass is 232 g/mol. The van der Waals surface area contributed by atoms with Crippen molar-refractivity contribution in [3.63, 3.8) is 0 Å². The van der Waals surface area contributed by atoms with Crippen LogP contribution in [-0.4, -0.2) is 37.9 Å². The fourth-order valence-corrected chi connectivity index (χ4v) is 3.64. The molecule has 0 aromatic carbocycles. The third-order valence-electron chi connectivity index (χ3n) is 3.24. The normalized spacial score (nSPS) is 31.1. The lowest BCUT2D eigenvalue weighted by molar-refractivity contribution is -0.125. The molecule has 1 atom stereocenters. The van der Waals surface area contributed by atoms with E-state index >= 15 is 0 Å². The van der Waals surface area contributed by atoms with Gasteiger partial charge in [0.05, 0.1) is 23.0 Å². The molecule has 1 heterocycles. The third-order valence-corrected chi connectivity index (χ3v) is 5.00. The Kier molecular flexibility index (Phi) is 2.50. The molecule has 3 N–H and O–H groups in total. The first-order valence-corrected chi connectivity index (χ1v) is 7.01. The van der Waals surface area contributed by atoms with Crippen LogP contribution in [0.4, 0.5) is 0 Å². The second-order valence-electron chi connectivity index (χ2n) is 4.57. The van der Waals surface area contributed by atoms with E-state index in [1.807, 2.05) is 0 Å². The number of carbonyl (C=O) groups is 1. The molecule has 86 valence electrons. The zero-order valence-corrected chi connectivity index (χ0v) is 9.35. The van der Waals surface area contributed by atoms with E-state index in [1.165, 1.54) is 0 Å². The average Bonchev–Trinajstić information content (AvgIpc) is 2.84. The van der Waals surface area contributed by atoms with Crippen LogP contribution in [0.1, 0.15) is 19.3 Å². The molecular weight excluding hydrogens is 216 g/mol. The molecule has 2 rings (SSSR count). The summed E-state index contributed by atoms with van der Waals surface area (Å²) in [6.07, 6.45) is 2.28. The Hall–Kier alpha value is -0.620. The minimum atomic E-state index is -2.97. The summed E-state index contributed by atoms with van der Waals surface area (Å²) in [5, 5.41) is 2.87. The van der Waals surface area contributed by atoms with Crippen LogP contribution in [0.25, 0.3) is 0 Å². The van der Waals surface area contributed by atoms with Crippen molar-refractivity contribution in [1.82, 2.24) is 5.32 Å². The highest BCUT2D eigenvalue weighted by Gasteiger charge is 2.44. The Balaban J connectivity index is 1.93. The van der Waals surface area contributed by atoms with E-state index in [0.717, 1.165) is 12.8 Å². The summed E-state index contributed by atoms with van der Waals surface area (Å²) in [6.45, 7) is 0.443. The molecule has 1 aliphatic carbocycles. The standard InChI is InChI=1S/C9H16N2O3S/c10-6-9(2-3-9)11-8(12)7-1-4-15(13,14)5-7/h7H,1-6,10H2,(H,11,12). The molecule has 15 heavy (non-hydrogen) atoms. The maximum Gasteiger partial charge on any atom is 0.224 e. The minimum Gasteiger partial charge on any atom is -0.349 e. The third kappa shape index (κ3) is 2.31. The first-order valence-electron chi connectivity index (χ1n) is 5.19. The maximum absolute atomic E-state index is 11.7. The molecule has 1 unspecified atom stereocenters. The molecular formula is C9H16N2O3S. The number of nitrogens with one attached hydrogen (secondary N) is 1. The van der Waals surface area contributed by atoms with Crippen LogP contribution in [0.5, 0.6) is 0 Å². The molecule has 1 saturated heterocycles. The van der Waals surface area contributed by atoms with Crippen LogP contribution in [0.2, 0.25) is 0 Å². The quantitative estimate of drug-likeness (QED) is 0.655. The van der Waals surface area contributed by atoms with Gasteiger partial charge in [-0.15, -0.1) is 0 Å². The Morgan fingerprint density at radius 2 is 2.13 bits per heavy atom. The van der Waals surface area contributed by atoms with Gasteiger partial charge < -0.3 is 11.1 Å². The Morgan fingerprint density at radius 3 is 2.53 bits per heavy atom. The van der Waals surface area contributed by atoms with E-state index in [9.17, 15) is 13.2 Å². The van der Waals surface area contributed by atoms with Gasteiger partial charge in [0, 0.05) is 6.54 Å². The lowest BCUT2D eigenvalue weighted by Crippen LogP contribution is -2.45. The second-order valence-corrected chi connectivity index (χ2v) is 6.80. The highest BCUT2D eigenvalue weighted by molar-refractivity contribution is 7.91. The van der Waals surface area contributed by atoms with Crippen molar-refractivity contribution in [3.8, 4) is 0 Å². The summed E-state index contributed by atoms with van der Waals surface area (Å²) in [4.78, 5) is 11.7. The zero-order valence-electron chi connectivity index (χ0n) is 8.53. The molecule has 1 amide bonds. The number of hydrogen-bond donors (Lipinski definition) is 2. The fraction of sp³-hybridized carbons (Fsp3) is 0.889. The van der Waals surface area contributed by atoms with Crippen LogP contribution in [0.15, 0.2) is 0 Å². The molecule has 0 aromatic heterocycles. The van der Waals surface area contributed by atoms with Gasteiger partial charge in [0.2, 0.25) is 5.91 Å². The maximum atomic E-state index is 11.7. The van der Waals surface area contributed by atoms with Crippen molar-refractivity contribution in [3.05, 3.63) is 0 Å². The van der Waals surface area contributed by atoms with Crippen LogP contribution in [0, 0.1) is 5.92 Å². The van der Waals surface area contributed by atoms with Crippen molar-refractivity contribution < 1.29 is 13.2 Å². The Bertz CT molecular complexity index is 373. The summed E-state index contributed by atoms with van der Waals surface area (Å²) in [7, 11) is -2.97. The number of carbonyl (C=O) groups excluding carboxylic acids is 1. The van der Waals surface area contributed by atoms with Gasteiger partial charge in [-0.2, -0.15) is 0 Å². The smallest absolute Gasteiger partial charge is 0.224 e. The van der Waals surface area contributed by atoms with E-state index in [-0.39, 0.29) is 28.9 Å². The van der Waals surface area contributed by atoms with Gasteiger partial charge in [0.1, 0.15) is 0 Å². The van der Waals surface area contributed by atoms with Gasteiger partial charge >= 0.3 is 0 Å². The number of hydrogen-bond acceptors (Lipinski definition) is 4. The first kappa shape index (κ1) is 10.9. The van der Waals surface area contributed by atoms with E-state index in [4.69, 9.17) is 5.73 Å². The van der Waals surface area contributed by atoms with E-state index in [1.54, 1.807) is 0 Å². The lowest BCUT2D eigenvalue weighted by Gasteiger charge is -2.17. The highest BCUT2D eigenvalue weighted by atomic mass is 32.2. The molecule has 2 fully saturated rings. The minimum absolute atomic E-state index is 0.000511. The van der Waals surface area contributed by atoms with Crippen LogP contribution in [0.3, 0.4) is 0 Å². The van der Waals surface area contributed by atoms with E-state index in [2.05, 4.69) is 5.32 Å². The predicted octanol–water partition coefficient (Wildman–Crippen LogP) is -0.971. The van der Waals surface area contributed by atoms with Gasteiger partial charge in [0.25, 0.3) is 0 Å².